The number of hydrogen-bond donors (Lipinski definition) is 1. The predicted octanol–water partition coefficient (Wildman–Crippen LogP) is 1.89. The number of benzene rings is 1. The topological polar surface area (TPSA) is 77.5 Å². The maximum Gasteiger partial charge on any atom is 0.338 e. The van der Waals surface area contributed by atoms with E-state index in [1.165, 1.54) is 31.6 Å². The van der Waals surface area contributed by atoms with Gasteiger partial charge in [-0.15, -0.1) is 0 Å². The Balaban J connectivity index is 1.86. The van der Waals surface area contributed by atoms with Crippen LogP contribution in [0.5, 0.6) is 5.75 Å². The lowest BCUT2D eigenvalue weighted by molar-refractivity contribution is -0.119. The van der Waals surface area contributed by atoms with Crippen molar-refractivity contribution in [2.45, 2.75) is 0 Å². The Labute approximate surface area is 121 Å². The maximum absolute atomic E-state index is 11.7. The fourth-order valence-electron chi connectivity index (χ4n) is 1.60. The molecule has 0 saturated carbocycles. The molecule has 1 aromatic carbocycles. The van der Waals surface area contributed by atoms with Crippen LogP contribution < -0.4 is 10.1 Å². The van der Waals surface area contributed by atoms with Gasteiger partial charge in [0.2, 0.25) is 0 Å². The summed E-state index contributed by atoms with van der Waals surface area (Å²) in [5.41, 5.74) is 0.915. The summed E-state index contributed by atoms with van der Waals surface area (Å²) >= 11 is 0. The molecule has 0 radical (unpaired) electrons. The zero-order valence-electron chi connectivity index (χ0n) is 11.4. The normalized spacial score (nSPS) is 9.76. The molecule has 6 heteroatoms. The Kier molecular flexibility index (Phi) is 4.87. The maximum atomic E-state index is 11.7. The van der Waals surface area contributed by atoms with E-state index in [4.69, 9.17) is 9.47 Å². The molecule has 0 saturated heterocycles. The van der Waals surface area contributed by atoms with E-state index in [1.54, 1.807) is 24.3 Å². The zero-order valence-corrected chi connectivity index (χ0v) is 11.4. The number of amides is 1. The van der Waals surface area contributed by atoms with Gasteiger partial charge in [-0.3, -0.25) is 9.78 Å². The van der Waals surface area contributed by atoms with Crippen molar-refractivity contribution in [3.63, 3.8) is 0 Å². The molecule has 1 heterocycles. The van der Waals surface area contributed by atoms with Crippen LogP contribution in [0.1, 0.15) is 10.4 Å². The number of methoxy groups -OCH3 is 1. The number of hydrogen-bond acceptors (Lipinski definition) is 5. The Morgan fingerprint density at radius 3 is 2.67 bits per heavy atom. The summed E-state index contributed by atoms with van der Waals surface area (Å²) in [7, 11) is 1.54. The third-order valence-electron chi connectivity index (χ3n) is 2.60. The number of pyridine rings is 1. The van der Waals surface area contributed by atoms with Gasteiger partial charge in [-0.25, -0.2) is 4.79 Å². The monoisotopic (exact) mass is 286 g/mol. The largest absolute Gasteiger partial charge is 0.497 e. The van der Waals surface area contributed by atoms with Crippen LogP contribution in [0.2, 0.25) is 0 Å². The highest BCUT2D eigenvalue weighted by molar-refractivity contribution is 5.95. The van der Waals surface area contributed by atoms with E-state index in [-0.39, 0.29) is 6.61 Å². The molecule has 0 atom stereocenters. The van der Waals surface area contributed by atoms with Gasteiger partial charge in [0, 0.05) is 24.1 Å². The molecular weight excluding hydrogens is 272 g/mol. The van der Waals surface area contributed by atoms with Gasteiger partial charge < -0.3 is 14.8 Å². The Morgan fingerprint density at radius 1 is 1.19 bits per heavy atom. The van der Waals surface area contributed by atoms with Crippen LogP contribution in [-0.2, 0) is 9.53 Å². The molecule has 21 heavy (non-hydrogen) atoms. The second-order valence-corrected chi connectivity index (χ2v) is 4.09. The molecule has 0 bridgehead atoms. The van der Waals surface area contributed by atoms with Crippen LogP contribution >= 0.6 is 0 Å². The van der Waals surface area contributed by atoms with Crippen molar-refractivity contribution in [2.24, 2.45) is 0 Å². The molecule has 0 aliphatic heterocycles. The fraction of sp³-hybridized carbons (Fsp3) is 0.133. The molecule has 1 amide bonds. The van der Waals surface area contributed by atoms with Gasteiger partial charge in [-0.1, -0.05) is 6.07 Å². The number of ether oxygens (including phenoxy) is 2. The number of carbonyl (C=O) groups excluding carboxylic acids is 2. The Hall–Kier alpha value is -2.89. The SMILES string of the molecule is COc1cccc(NC(=O)COC(=O)c2ccncc2)c1. The first-order valence-corrected chi connectivity index (χ1v) is 6.20. The van der Waals surface area contributed by atoms with Gasteiger partial charge >= 0.3 is 5.97 Å². The minimum absolute atomic E-state index is 0.346. The second kappa shape index (κ2) is 7.04. The van der Waals surface area contributed by atoms with Crippen molar-refractivity contribution in [3.8, 4) is 5.75 Å². The van der Waals surface area contributed by atoms with Gasteiger partial charge in [0.05, 0.1) is 12.7 Å². The second-order valence-electron chi connectivity index (χ2n) is 4.09. The molecule has 1 N–H and O–H groups in total. The third kappa shape index (κ3) is 4.31. The minimum Gasteiger partial charge on any atom is -0.497 e. The molecule has 0 fully saturated rings. The van der Waals surface area contributed by atoms with Crippen LogP contribution in [0.25, 0.3) is 0 Å². The number of rotatable bonds is 5. The van der Waals surface area contributed by atoms with E-state index < -0.39 is 11.9 Å². The summed E-state index contributed by atoms with van der Waals surface area (Å²) < 4.78 is 9.96. The molecular formula is C15H14N2O4. The lowest BCUT2D eigenvalue weighted by Crippen LogP contribution is -2.20. The zero-order chi connectivity index (χ0) is 15.1. The molecule has 2 rings (SSSR count). The average Bonchev–Trinajstić information content (AvgIpc) is 2.53. The molecule has 0 aliphatic rings. The molecule has 108 valence electrons. The van der Waals surface area contributed by atoms with Gasteiger partial charge in [0.1, 0.15) is 5.75 Å². The number of esters is 1. The summed E-state index contributed by atoms with van der Waals surface area (Å²) in [6.45, 7) is -0.363. The van der Waals surface area contributed by atoms with Crippen molar-refractivity contribution in [3.05, 3.63) is 54.4 Å². The Morgan fingerprint density at radius 2 is 1.95 bits per heavy atom. The summed E-state index contributed by atoms with van der Waals surface area (Å²) in [4.78, 5) is 27.2. The van der Waals surface area contributed by atoms with Gasteiger partial charge in [0.15, 0.2) is 6.61 Å². The van der Waals surface area contributed by atoms with Crippen molar-refractivity contribution in [2.75, 3.05) is 19.0 Å². The van der Waals surface area contributed by atoms with Gasteiger partial charge in [0.25, 0.3) is 5.91 Å². The first kappa shape index (κ1) is 14.5. The van der Waals surface area contributed by atoms with Crippen LogP contribution in [0.4, 0.5) is 5.69 Å². The van der Waals surface area contributed by atoms with E-state index >= 15 is 0 Å². The molecule has 0 aliphatic carbocycles. The average molecular weight is 286 g/mol. The van der Waals surface area contributed by atoms with E-state index in [9.17, 15) is 9.59 Å². The first-order chi connectivity index (χ1) is 10.2. The lowest BCUT2D eigenvalue weighted by atomic mass is 10.3. The van der Waals surface area contributed by atoms with Crippen molar-refractivity contribution in [1.29, 1.82) is 0 Å². The van der Waals surface area contributed by atoms with Crippen LogP contribution in [0.3, 0.4) is 0 Å². The van der Waals surface area contributed by atoms with E-state index in [2.05, 4.69) is 10.3 Å². The van der Waals surface area contributed by atoms with Crippen molar-refractivity contribution < 1.29 is 19.1 Å². The van der Waals surface area contributed by atoms with Gasteiger partial charge in [-0.05, 0) is 24.3 Å². The third-order valence-corrected chi connectivity index (χ3v) is 2.60. The number of nitrogens with zero attached hydrogens (tertiary/aromatic N) is 1. The van der Waals surface area contributed by atoms with Crippen LogP contribution in [0.15, 0.2) is 48.8 Å². The van der Waals surface area contributed by atoms with Crippen LogP contribution in [0, 0.1) is 0 Å². The highest BCUT2D eigenvalue weighted by Gasteiger charge is 2.10. The molecule has 0 unspecified atom stereocenters. The minimum atomic E-state index is -0.571. The smallest absolute Gasteiger partial charge is 0.338 e. The quantitative estimate of drug-likeness (QED) is 0.849. The highest BCUT2D eigenvalue weighted by Crippen LogP contribution is 2.16. The van der Waals surface area contributed by atoms with Crippen molar-refractivity contribution >= 4 is 17.6 Å². The highest BCUT2D eigenvalue weighted by atomic mass is 16.5. The lowest BCUT2D eigenvalue weighted by Gasteiger charge is -2.07. The predicted molar refractivity (Wildman–Crippen MR) is 76.1 cm³/mol. The number of anilines is 1. The van der Waals surface area contributed by atoms with Crippen molar-refractivity contribution in [1.82, 2.24) is 4.98 Å². The Bertz CT molecular complexity index is 629. The fourth-order valence-corrected chi connectivity index (χ4v) is 1.60. The summed E-state index contributed by atoms with van der Waals surface area (Å²) in [6.07, 6.45) is 2.96. The van der Waals surface area contributed by atoms with Crippen LogP contribution in [-0.4, -0.2) is 30.6 Å². The molecule has 2 aromatic rings. The van der Waals surface area contributed by atoms with E-state index in [0.29, 0.717) is 17.0 Å². The molecule has 6 nitrogen and oxygen atoms in total. The molecule has 0 spiro atoms. The summed E-state index contributed by atoms with van der Waals surface area (Å²) in [5.74, 6) is -0.370. The summed E-state index contributed by atoms with van der Waals surface area (Å²) in [6, 6.07) is 9.93. The molecule has 1 aromatic heterocycles. The number of carbonyl (C=O) groups is 2. The number of nitrogens with one attached hydrogen (secondary N) is 1. The van der Waals surface area contributed by atoms with E-state index in [1.807, 2.05) is 0 Å². The van der Waals surface area contributed by atoms with E-state index in [0.717, 1.165) is 0 Å². The van der Waals surface area contributed by atoms with Gasteiger partial charge in [-0.2, -0.15) is 0 Å². The number of aromatic nitrogens is 1. The standard InChI is InChI=1S/C15H14N2O4/c1-20-13-4-2-3-12(9-13)17-14(18)10-21-15(19)11-5-7-16-8-6-11/h2-9H,10H2,1H3,(H,17,18). The first-order valence-electron chi connectivity index (χ1n) is 6.20. The summed E-state index contributed by atoms with van der Waals surface area (Å²) in [5, 5.41) is 2.61.